The van der Waals surface area contributed by atoms with Crippen molar-refractivity contribution in [3.05, 3.63) is 16.5 Å². The van der Waals surface area contributed by atoms with E-state index >= 15 is 0 Å². The van der Waals surface area contributed by atoms with Crippen molar-refractivity contribution in [2.75, 3.05) is 26.2 Å². The molecule has 106 valence electrons. The number of hydrogen-bond acceptors (Lipinski definition) is 6. The molecule has 1 atom stereocenters. The number of ketones is 1. The number of halogens is 1. The molecule has 1 aromatic rings. The van der Waals surface area contributed by atoms with E-state index in [1.54, 1.807) is 6.20 Å². The highest BCUT2D eigenvalue weighted by molar-refractivity contribution is 9.10. The van der Waals surface area contributed by atoms with E-state index in [1.165, 1.54) is 0 Å². The molecule has 7 heteroatoms. The Morgan fingerprint density at radius 2 is 2.20 bits per heavy atom. The first-order valence-corrected chi connectivity index (χ1v) is 7.59. The molecule has 2 aliphatic rings. The molecule has 0 amide bonds. The van der Waals surface area contributed by atoms with Gasteiger partial charge >= 0.3 is 0 Å². The maximum atomic E-state index is 12.8. The van der Waals surface area contributed by atoms with Crippen LogP contribution in [-0.2, 0) is 0 Å². The molecule has 1 fully saturated rings. The molecule has 0 spiro atoms. The van der Waals surface area contributed by atoms with E-state index in [4.69, 9.17) is 0 Å². The molecule has 3 rings (SSSR count). The van der Waals surface area contributed by atoms with Crippen LogP contribution in [0.25, 0.3) is 0 Å². The Morgan fingerprint density at radius 1 is 1.45 bits per heavy atom. The summed E-state index contributed by atoms with van der Waals surface area (Å²) in [5.41, 5.74) is 1.26. The third kappa shape index (κ3) is 2.41. The van der Waals surface area contributed by atoms with Crippen LogP contribution in [0.2, 0.25) is 0 Å². The molecule has 0 radical (unpaired) electrons. The Bertz CT molecular complexity index is 568. The van der Waals surface area contributed by atoms with Gasteiger partial charge in [-0.1, -0.05) is 6.92 Å². The molecule has 1 unspecified atom stereocenters. The van der Waals surface area contributed by atoms with Crippen LogP contribution >= 0.6 is 15.9 Å². The lowest BCUT2D eigenvalue weighted by Gasteiger charge is -2.35. The molecule has 1 saturated heterocycles. The van der Waals surface area contributed by atoms with E-state index < -0.39 is 0 Å². The van der Waals surface area contributed by atoms with Crippen LogP contribution in [0.15, 0.2) is 15.8 Å². The molecule has 3 heterocycles. The number of carbonyl (C=O) groups is 1. The summed E-state index contributed by atoms with van der Waals surface area (Å²) in [5, 5.41) is 3.30. The second-order valence-corrected chi connectivity index (χ2v) is 5.69. The predicted molar refractivity (Wildman–Crippen MR) is 79.7 cm³/mol. The van der Waals surface area contributed by atoms with Crippen molar-refractivity contribution in [3.8, 4) is 0 Å². The second-order valence-electron chi connectivity index (χ2n) is 4.87. The van der Waals surface area contributed by atoms with Crippen molar-refractivity contribution >= 4 is 33.2 Å². The fourth-order valence-electron chi connectivity index (χ4n) is 2.68. The molecule has 20 heavy (non-hydrogen) atoms. The number of aromatic nitrogens is 2. The van der Waals surface area contributed by atoms with Crippen molar-refractivity contribution in [1.82, 2.24) is 20.2 Å². The SMILES string of the molecule is CCC1=Nc2ncc(Br)nc2C(=O)C1N1CCNCC1. The number of aliphatic imine (C=N–C) groups is 1. The topological polar surface area (TPSA) is 70.5 Å². The van der Waals surface area contributed by atoms with Gasteiger partial charge in [-0.15, -0.1) is 0 Å². The number of piperazine rings is 1. The zero-order valence-electron chi connectivity index (χ0n) is 11.3. The highest BCUT2D eigenvalue weighted by Crippen LogP contribution is 2.27. The van der Waals surface area contributed by atoms with Gasteiger partial charge < -0.3 is 5.32 Å². The first-order valence-electron chi connectivity index (χ1n) is 6.79. The lowest BCUT2D eigenvalue weighted by molar-refractivity contribution is 0.0862. The highest BCUT2D eigenvalue weighted by atomic mass is 79.9. The zero-order chi connectivity index (χ0) is 14.1. The van der Waals surface area contributed by atoms with Crippen molar-refractivity contribution in [2.45, 2.75) is 19.4 Å². The summed E-state index contributed by atoms with van der Waals surface area (Å²) in [4.78, 5) is 28.0. The number of nitrogens with zero attached hydrogens (tertiary/aromatic N) is 4. The van der Waals surface area contributed by atoms with Gasteiger partial charge in [0, 0.05) is 31.9 Å². The summed E-state index contributed by atoms with van der Waals surface area (Å²) in [6.07, 6.45) is 2.32. The smallest absolute Gasteiger partial charge is 0.207 e. The number of Topliss-reactive ketones (excluding diaryl/α,β-unsaturated/α-hetero) is 1. The fourth-order valence-corrected chi connectivity index (χ4v) is 2.96. The summed E-state index contributed by atoms with van der Waals surface area (Å²) in [7, 11) is 0. The minimum Gasteiger partial charge on any atom is -0.314 e. The predicted octanol–water partition coefficient (Wildman–Crippen LogP) is 1.19. The van der Waals surface area contributed by atoms with Gasteiger partial charge in [-0.3, -0.25) is 9.69 Å². The maximum Gasteiger partial charge on any atom is 0.207 e. The van der Waals surface area contributed by atoms with E-state index in [0.29, 0.717) is 16.1 Å². The summed E-state index contributed by atoms with van der Waals surface area (Å²) in [5.74, 6) is 0.462. The van der Waals surface area contributed by atoms with E-state index in [0.717, 1.165) is 38.3 Å². The van der Waals surface area contributed by atoms with Crippen LogP contribution in [0.4, 0.5) is 5.82 Å². The van der Waals surface area contributed by atoms with Crippen molar-refractivity contribution in [3.63, 3.8) is 0 Å². The van der Waals surface area contributed by atoms with Gasteiger partial charge in [-0.2, -0.15) is 0 Å². The number of rotatable bonds is 2. The molecule has 0 aliphatic carbocycles. The summed E-state index contributed by atoms with van der Waals surface area (Å²) in [6, 6.07) is -0.279. The highest BCUT2D eigenvalue weighted by Gasteiger charge is 2.37. The monoisotopic (exact) mass is 337 g/mol. The van der Waals surface area contributed by atoms with Gasteiger partial charge in [0.25, 0.3) is 0 Å². The van der Waals surface area contributed by atoms with E-state index in [9.17, 15) is 4.79 Å². The average Bonchev–Trinajstić information content (AvgIpc) is 2.48. The van der Waals surface area contributed by atoms with Gasteiger partial charge in [0.05, 0.1) is 6.20 Å². The van der Waals surface area contributed by atoms with Crippen LogP contribution in [0.1, 0.15) is 23.8 Å². The van der Waals surface area contributed by atoms with Crippen LogP contribution in [0, 0.1) is 0 Å². The zero-order valence-corrected chi connectivity index (χ0v) is 12.9. The molecule has 0 aromatic carbocycles. The molecular weight excluding hydrogens is 322 g/mol. The quantitative estimate of drug-likeness (QED) is 0.877. The van der Waals surface area contributed by atoms with Crippen LogP contribution in [0.3, 0.4) is 0 Å². The van der Waals surface area contributed by atoms with Gasteiger partial charge in [-0.25, -0.2) is 15.0 Å². The number of hydrogen-bond donors (Lipinski definition) is 1. The lowest BCUT2D eigenvalue weighted by atomic mass is 9.97. The summed E-state index contributed by atoms with van der Waals surface area (Å²) in [6.45, 7) is 5.53. The largest absolute Gasteiger partial charge is 0.314 e. The molecule has 2 aliphatic heterocycles. The first kappa shape index (κ1) is 13.8. The van der Waals surface area contributed by atoms with Crippen LogP contribution < -0.4 is 5.32 Å². The molecule has 6 nitrogen and oxygen atoms in total. The molecule has 0 saturated carbocycles. The van der Waals surface area contributed by atoms with Gasteiger partial charge in [-0.05, 0) is 22.4 Å². The molecular formula is C13H16BrN5O. The van der Waals surface area contributed by atoms with E-state index in [-0.39, 0.29) is 11.8 Å². The van der Waals surface area contributed by atoms with Crippen molar-refractivity contribution < 1.29 is 4.79 Å². The maximum absolute atomic E-state index is 12.8. The first-order chi connectivity index (χ1) is 9.70. The standard InChI is InChI=1S/C13H16BrN5O/c1-2-8-11(19-5-3-15-4-6-19)12(20)10-13(17-8)16-7-9(14)18-10/h7,11,15H,2-6H2,1H3. The fraction of sp³-hybridized carbons (Fsp3) is 0.538. The van der Waals surface area contributed by atoms with Crippen LogP contribution in [0.5, 0.6) is 0 Å². The normalized spacial score (nSPS) is 23.4. The summed E-state index contributed by atoms with van der Waals surface area (Å²) >= 11 is 3.27. The molecule has 1 N–H and O–H groups in total. The van der Waals surface area contributed by atoms with Crippen molar-refractivity contribution in [1.29, 1.82) is 0 Å². The van der Waals surface area contributed by atoms with Gasteiger partial charge in [0.15, 0.2) is 11.5 Å². The Morgan fingerprint density at radius 3 is 2.90 bits per heavy atom. The number of fused-ring (bicyclic) bond motifs is 1. The Hall–Kier alpha value is -1.18. The number of carbonyl (C=O) groups excluding carboxylic acids is 1. The second kappa shape index (κ2) is 5.67. The molecule has 0 bridgehead atoms. The molecule has 1 aromatic heterocycles. The lowest BCUT2D eigenvalue weighted by Crippen LogP contribution is -2.55. The van der Waals surface area contributed by atoms with Crippen LogP contribution in [-0.4, -0.2) is 58.6 Å². The van der Waals surface area contributed by atoms with Crippen molar-refractivity contribution in [2.24, 2.45) is 4.99 Å². The summed E-state index contributed by atoms with van der Waals surface area (Å²) < 4.78 is 0.568. The van der Waals surface area contributed by atoms with Gasteiger partial charge in [0.1, 0.15) is 10.6 Å². The third-order valence-corrected chi connectivity index (χ3v) is 4.03. The Labute approximate surface area is 125 Å². The average molecular weight is 338 g/mol. The minimum absolute atomic E-state index is 0.0163. The minimum atomic E-state index is -0.279. The third-order valence-electron chi connectivity index (χ3n) is 3.65. The number of nitrogens with one attached hydrogen (secondary N) is 1. The Balaban J connectivity index is 2.01. The van der Waals surface area contributed by atoms with E-state index in [1.807, 2.05) is 6.92 Å². The Kier molecular flexibility index (Phi) is 3.91. The van der Waals surface area contributed by atoms with Gasteiger partial charge in [0.2, 0.25) is 5.78 Å². The van der Waals surface area contributed by atoms with E-state index in [2.05, 4.69) is 41.1 Å².